The zero-order valence-electron chi connectivity index (χ0n) is 14.9. The van der Waals surface area contributed by atoms with Crippen LogP contribution in [0, 0.1) is 0 Å². The topological polar surface area (TPSA) is 66.4 Å². The summed E-state index contributed by atoms with van der Waals surface area (Å²) in [7, 11) is 0. The second-order valence-corrected chi connectivity index (χ2v) is 6.10. The fraction of sp³-hybridized carbons (Fsp3) is 0.846. The van der Waals surface area contributed by atoms with Gasteiger partial charge in [0.15, 0.2) is 0 Å². The van der Waals surface area contributed by atoms with Gasteiger partial charge >= 0.3 is 47.7 Å². The fourth-order valence-corrected chi connectivity index (χ4v) is 1.90. The Kier molecular flexibility index (Phi) is 7.80. The average Bonchev–Trinajstić information content (AvgIpc) is 2.59. The van der Waals surface area contributed by atoms with E-state index < -0.39 is 66.1 Å². The Bertz CT molecular complexity index is 716. The minimum absolute atomic E-state index is 0.286. The van der Waals surface area contributed by atoms with Gasteiger partial charge in [-0.15, -0.1) is 0 Å². The molecule has 0 spiro atoms. The number of amides is 1. The molecule has 4 nitrogen and oxygen atoms in total. The standard InChI is InChI=1S/C13H10F15NO3/c1-2-3-4(5(30)31)29-6(32)7(14,15)8(16,17)9(18,19)10(20,21)11(22,23)12(24,25)13(26,27)28/h4H,2-3H2,1H3,(H,29,32)(H,30,31). The van der Waals surface area contributed by atoms with E-state index in [1.807, 2.05) is 0 Å². The molecule has 0 heterocycles. The molecule has 0 aromatic heterocycles. The van der Waals surface area contributed by atoms with E-state index in [2.05, 4.69) is 0 Å². The maximum atomic E-state index is 13.6. The van der Waals surface area contributed by atoms with Crippen molar-refractivity contribution in [2.75, 3.05) is 0 Å². The van der Waals surface area contributed by atoms with E-state index in [1.54, 1.807) is 0 Å². The third-order valence-electron chi connectivity index (χ3n) is 3.79. The van der Waals surface area contributed by atoms with E-state index in [4.69, 9.17) is 5.11 Å². The molecule has 0 rings (SSSR count). The third-order valence-corrected chi connectivity index (χ3v) is 3.79. The van der Waals surface area contributed by atoms with E-state index in [9.17, 15) is 75.4 Å². The highest BCUT2D eigenvalue weighted by Gasteiger charge is 2.94. The molecule has 0 bridgehead atoms. The first-order valence-corrected chi connectivity index (χ1v) is 7.66. The van der Waals surface area contributed by atoms with Gasteiger partial charge in [0.25, 0.3) is 5.91 Å². The van der Waals surface area contributed by atoms with Gasteiger partial charge < -0.3 is 10.4 Å². The van der Waals surface area contributed by atoms with Gasteiger partial charge in [-0.25, -0.2) is 4.79 Å². The summed E-state index contributed by atoms with van der Waals surface area (Å²) in [4.78, 5) is 21.9. The van der Waals surface area contributed by atoms with Crippen LogP contribution in [0.15, 0.2) is 0 Å². The molecule has 0 radical (unpaired) electrons. The maximum absolute atomic E-state index is 13.6. The van der Waals surface area contributed by atoms with E-state index in [1.165, 1.54) is 0 Å². The molecule has 0 aromatic rings. The maximum Gasteiger partial charge on any atom is 0.460 e. The van der Waals surface area contributed by atoms with Gasteiger partial charge in [-0.3, -0.25) is 4.79 Å². The quantitative estimate of drug-likeness (QED) is 0.416. The van der Waals surface area contributed by atoms with Gasteiger partial charge in [-0.2, -0.15) is 65.9 Å². The zero-order chi connectivity index (χ0) is 26.4. The van der Waals surface area contributed by atoms with E-state index in [0.717, 1.165) is 6.92 Å². The Morgan fingerprint density at radius 1 is 0.688 bits per heavy atom. The van der Waals surface area contributed by atoms with Crippen LogP contribution in [0.25, 0.3) is 0 Å². The SMILES string of the molecule is CCCC(NC(=O)C(F)(F)C(F)(F)C(F)(F)C(F)(F)C(F)(F)C(F)(F)C(F)(F)F)C(=O)O. The lowest BCUT2D eigenvalue weighted by molar-refractivity contribution is -0.449. The summed E-state index contributed by atoms with van der Waals surface area (Å²) >= 11 is 0. The number of carboxylic acid groups (broad SMARTS) is 1. The molecule has 1 amide bonds. The van der Waals surface area contributed by atoms with Crippen LogP contribution in [0.1, 0.15) is 19.8 Å². The van der Waals surface area contributed by atoms with E-state index >= 15 is 0 Å². The molecular weight excluding hydrogens is 503 g/mol. The van der Waals surface area contributed by atoms with Crippen molar-refractivity contribution < 1.29 is 80.6 Å². The number of hydrogen-bond donors (Lipinski definition) is 2. The van der Waals surface area contributed by atoms with Crippen LogP contribution >= 0.6 is 0 Å². The highest BCUT2D eigenvalue weighted by atomic mass is 19.4. The number of alkyl halides is 15. The molecule has 190 valence electrons. The Labute approximate surface area is 166 Å². The first-order chi connectivity index (χ1) is 13.8. The summed E-state index contributed by atoms with van der Waals surface area (Å²) < 4.78 is 195. The van der Waals surface area contributed by atoms with Crippen LogP contribution in [0.5, 0.6) is 0 Å². The summed E-state index contributed by atoms with van der Waals surface area (Å²) in [6, 6.07) is -2.51. The first-order valence-electron chi connectivity index (χ1n) is 7.66. The Hall–Kier alpha value is -2.11. The minimum atomic E-state index is -8.53. The molecule has 0 aromatic carbocycles. The second kappa shape index (κ2) is 8.35. The summed E-state index contributed by atoms with van der Waals surface area (Å²) in [5.41, 5.74) is 0. The van der Waals surface area contributed by atoms with Crippen LogP contribution in [0.2, 0.25) is 0 Å². The van der Waals surface area contributed by atoms with Crippen molar-refractivity contribution in [2.45, 2.75) is 67.5 Å². The van der Waals surface area contributed by atoms with Gasteiger partial charge in [0.05, 0.1) is 0 Å². The summed E-state index contributed by atoms with van der Waals surface area (Å²) in [6.45, 7) is 1.13. The molecule has 32 heavy (non-hydrogen) atoms. The number of hydrogen-bond acceptors (Lipinski definition) is 2. The van der Waals surface area contributed by atoms with Crippen molar-refractivity contribution in [1.29, 1.82) is 0 Å². The number of halogens is 15. The summed E-state index contributed by atoms with van der Waals surface area (Å²) in [5.74, 6) is -54.7. The molecule has 0 saturated carbocycles. The smallest absolute Gasteiger partial charge is 0.460 e. The number of carbonyl (C=O) groups is 2. The van der Waals surface area contributed by atoms with Crippen molar-refractivity contribution in [3.8, 4) is 0 Å². The number of aliphatic carboxylic acids is 1. The van der Waals surface area contributed by atoms with Gasteiger partial charge in [-0.05, 0) is 6.42 Å². The van der Waals surface area contributed by atoms with Crippen molar-refractivity contribution in [2.24, 2.45) is 0 Å². The van der Waals surface area contributed by atoms with Gasteiger partial charge in [-0.1, -0.05) is 13.3 Å². The molecule has 0 saturated heterocycles. The zero-order valence-corrected chi connectivity index (χ0v) is 14.9. The van der Waals surface area contributed by atoms with Crippen LogP contribution in [0.4, 0.5) is 65.9 Å². The molecule has 0 aliphatic rings. The normalized spacial score (nSPS) is 16.0. The second-order valence-electron chi connectivity index (χ2n) is 6.10. The summed E-state index contributed by atoms with van der Waals surface area (Å²) in [5, 5.41) is 9.10. The average molecular weight is 513 g/mol. The van der Waals surface area contributed by atoms with E-state index in [0.29, 0.717) is 5.32 Å². The molecular formula is C13H10F15NO3. The Morgan fingerprint density at radius 2 is 1.03 bits per heavy atom. The fourth-order valence-electron chi connectivity index (χ4n) is 1.90. The Balaban J connectivity index is 6.47. The lowest BCUT2D eigenvalue weighted by atomic mass is 9.90. The number of carbonyl (C=O) groups excluding carboxylic acids is 1. The number of carboxylic acids is 1. The van der Waals surface area contributed by atoms with Crippen LogP contribution in [-0.4, -0.2) is 64.7 Å². The highest BCUT2D eigenvalue weighted by Crippen LogP contribution is 2.62. The molecule has 1 unspecified atom stereocenters. The summed E-state index contributed by atoms with van der Waals surface area (Å²) in [6.07, 6.45) is -8.85. The number of nitrogens with one attached hydrogen (secondary N) is 1. The van der Waals surface area contributed by atoms with Crippen LogP contribution in [0.3, 0.4) is 0 Å². The van der Waals surface area contributed by atoms with Crippen LogP contribution < -0.4 is 5.32 Å². The lowest BCUT2D eigenvalue weighted by Gasteiger charge is -2.41. The molecule has 1 atom stereocenters. The molecule has 0 fully saturated rings. The van der Waals surface area contributed by atoms with Crippen molar-refractivity contribution in [3.63, 3.8) is 0 Å². The largest absolute Gasteiger partial charge is 0.480 e. The number of rotatable bonds is 10. The predicted molar refractivity (Wildman–Crippen MR) is 70.2 cm³/mol. The Morgan fingerprint density at radius 3 is 1.34 bits per heavy atom. The molecule has 0 aliphatic carbocycles. The molecule has 19 heteroatoms. The monoisotopic (exact) mass is 513 g/mol. The van der Waals surface area contributed by atoms with Crippen molar-refractivity contribution in [3.05, 3.63) is 0 Å². The molecule has 2 N–H and O–H groups in total. The van der Waals surface area contributed by atoms with Crippen molar-refractivity contribution in [1.82, 2.24) is 5.32 Å². The third kappa shape index (κ3) is 4.25. The highest BCUT2D eigenvalue weighted by molar-refractivity contribution is 5.89. The van der Waals surface area contributed by atoms with Gasteiger partial charge in [0.1, 0.15) is 6.04 Å². The minimum Gasteiger partial charge on any atom is -0.480 e. The predicted octanol–water partition coefficient (Wildman–Crippen LogP) is 4.73. The van der Waals surface area contributed by atoms with E-state index in [-0.39, 0.29) is 6.42 Å². The van der Waals surface area contributed by atoms with Gasteiger partial charge in [0.2, 0.25) is 0 Å². The first kappa shape index (κ1) is 29.9. The molecule has 0 aliphatic heterocycles. The van der Waals surface area contributed by atoms with Gasteiger partial charge in [0, 0.05) is 0 Å². The van der Waals surface area contributed by atoms with Crippen molar-refractivity contribution >= 4 is 11.9 Å². The van der Waals surface area contributed by atoms with Crippen LogP contribution in [-0.2, 0) is 9.59 Å². The lowest BCUT2D eigenvalue weighted by Crippen LogP contribution is -2.74.